The van der Waals surface area contributed by atoms with Crippen LogP contribution in [0.4, 0.5) is 0 Å². The van der Waals surface area contributed by atoms with E-state index in [4.69, 9.17) is 24.9 Å². The molecule has 5 heteroatoms. The molecule has 0 saturated heterocycles. The van der Waals surface area contributed by atoms with E-state index < -0.39 is 0 Å². The summed E-state index contributed by atoms with van der Waals surface area (Å²) in [5, 5.41) is 5.68. The second-order valence-corrected chi connectivity index (χ2v) is 15.9. The molecule has 61 heavy (non-hydrogen) atoms. The molecule has 0 saturated carbocycles. The van der Waals surface area contributed by atoms with Crippen LogP contribution in [0.3, 0.4) is 0 Å². The molecule has 0 fully saturated rings. The zero-order chi connectivity index (χ0) is 40.9. The lowest BCUT2D eigenvalue weighted by Gasteiger charge is -2.15. The van der Waals surface area contributed by atoms with Crippen LogP contribution in [-0.2, 0) is 0 Å². The Kier molecular flexibility index (Phi) is 8.93. The van der Waals surface area contributed by atoms with Gasteiger partial charge in [-0.05, 0) is 64.2 Å². The summed E-state index contributed by atoms with van der Waals surface area (Å²) in [6.45, 7) is 4.50. The van der Waals surface area contributed by atoms with Gasteiger partial charge in [-0.1, -0.05) is 166 Å². The normalized spacial score (nSPS) is 11.6. The first-order valence-electron chi connectivity index (χ1n) is 20.8. The van der Waals surface area contributed by atoms with E-state index in [9.17, 15) is 0 Å². The molecule has 0 aliphatic heterocycles. The first-order valence-corrected chi connectivity index (χ1v) is 20.8. The molecular weight excluding hydrogens is 743 g/mol. The zero-order valence-electron chi connectivity index (χ0n) is 33.8. The van der Waals surface area contributed by atoms with Gasteiger partial charge in [0.15, 0.2) is 5.82 Å². The van der Waals surface area contributed by atoms with Crippen molar-refractivity contribution in [1.82, 2.24) is 24.9 Å². The molecule has 0 N–H and O–H groups in total. The molecule has 7 aromatic carbocycles. The minimum absolute atomic E-state index is 0.299. The average Bonchev–Trinajstić information content (AvgIpc) is 3.33. The van der Waals surface area contributed by atoms with Crippen LogP contribution in [0, 0.1) is 0 Å². The number of rotatable bonds is 7. The van der Waals surface area contributed by atoms with Crippen LogP contribution in [0.5, 0.6) is 0 Å². The Hall–Kier alpha value is -7.89. The highest BCUT2D eigenvalue weighted by atomic mass is 14.9. The van der Waals surface area contributed by atoms with Crippen molar-refractivity contribution in [3.8, 4) is 67.5 Å². The lowest BCUT2D eigenvalue weighted by Crippen LogP contribution is -1.98. The third-order valence-corrected chi connectivity index (χ3v) is 11.7. The van der Waals surface area contributed by atoms with Gasteiger partial charge in [-0.25, -0.2) is 19.9 Å². The van der Waals surface area contributed by atoms with Crippen molar-refractivity contribution in [3.63, 3.8) is 0 Å². The van der Waals surface area contributed by atoms with Gasteiger partial charge in [-0.2, -0.15) is 0 Å². The van der Waals surface area contributed by atoms with E-state index in [2.05, 4.69) is 178 Å². The number of nitrogens with zero attached hydrogens (tertiary/aromatic N) is 5. The molecule has 0 bridgehead atoms. The van der Waals surface area contributed by atoms with E-state index >= 15 is 0 Å². The van der Waals surface area contributed by atoms with Crippen molar-refractivity contribution in [2.24, 2.45) is 0 Å². The smallest absolute Gasteiger partial charge is 0.160 e. The van der Waals surface area contributed by atoms with Gasteiger partial charge >= 0.3 is 0 Å². The monoisotopic (exact) mass is 781 g/mol. The van der Waals surface area contributed by atoms with Gasteiger partial charge in [0, 0.05) is 55.7 Å². The summed E-state index contributed by atoms with van der Waals surface area (Å²) in [5.74, 6) is 0.966. The molecule has 0 aliphatic carbocycles. The van der Waals surface area contributed by atoms with Crippen molar-refractivity contribution in [2.75, 3.05) is 0 Å². The maximum Gasteiger partial charge on any atom is 0.160 e. The summed E-state index contributed by atoms with van der Waals surface area (Å²) in [6.07, 6.45) is 1.85. The number of aromatic nitrogens is 5. The maximum absolute atomic E-state index is 5.40. The van der Waals surface area contributed by atoms with Crippen LogP contribution in [0.1, 0.15) is 25.3 Å². The fourth-order valence-electron chi connectivity index (χ4n) is 8.60. The van der Waals surface area contributed by atoms with Crippen molar-refractivity contribution < 1.29 is 0 Å². The van der Waals surface area contributed by atoms with Crippen LogP contribution in [0.15, 0.2) is 194 Å². The summed E-state index contributed by atoms with van der Waals surface area (Å²) < 4.78 is 0. The van der Waals surface area contributed by atoms with Crippen molar-refractivity contribution >= 4 is 43.5 Å². The summed E-state index contributed by atoms with van der Waals surface area (Å²) in [4.78, 5) is 25.9. The van der Waals surface area contributed by atoms with Crippen molar-refractivity contribution in [2.45, 2.75) is 19.8 Å². The average molecular weight is 782 g/mol. The Labute approximate surface area is 354 Å². The van der Waals surface area contributed by atoms with Gasteiger partial charge in [-0.3, -0.25) is 4.98 Å². The van der Waals surface area contributed by atoms with E-state index in [1.807, 2.05) is 30.5 Å². The van der Waals surface area contributed by atoms with E-state index in [-0.39, 0.29) is 0 Å². The number of pyridine rings is 3. The number of hydrogen-bond donors (Lipinski definition) is 0. The number of hydrogen-bond acceptors (Lipinski definition) is 5. The number of fused-ring (bicyclic) bond motifs is 5. The molecule has 0 amide bonds. The lowest BCUT2D eigenvalue weighted by molar-refractivity contribution is 0.875. The predicted octanol–water partition coefficient (Wildman–Crippen LogP) is 14.4. The minimum atomic E-state index is 0.299. The standard InChI is InChI=1S/C56H39N5/c1-35(2)48-33-52(46-25-10-16-36-13-6-7-23-44(36)46)59-55-47(48)28-26-38-27-29-49(58-54(38)55)41-19-9-21-43(32-41)51-34-50(60-56(61-51)39-14-4-3-5-15-39)42-20-8-18-40(31-42)45-24-11-17-37-22-12-30-57-53(37)45/h3-35H,1-2H3. The molecule has 11 aromatic rings. The van der Waals surface area contributed by atoms with E-state index in [0.29, 0.717) is 11.7 Å². The van der Waals surface area contributed by atoms with Crippen molar-refractivity contribution in [1.29, 1.82) is 0 Å². The second-order valence-electron chi connectivity index (χ2n) is 15.9. The zero-order valence-corrected chi connectivity index (χ0v) is 33.8. The van der Waals surface area contributed by atoms with Gasteiger partial charge < -0.3 is 0 Å². The molecule has 288 valence electrons. The molecular formula is C56H39N5. The highest BCUT2D eigenvalue weighted by Crippen LogP contribution is 2.37. The summed E-state index contributed by atoms with van der Waals surface area (Å²) in [5.41, 5.74) is 14.8. The highest BCUT2D eigenvalue weighted by Gasteiger charge is 2.17. The third kappa shape index (κ3) is 6.67. The van der Waals surface area contributed by atoms with Gasteiger partial charge in [0.05, 0.1) is 39.3 Å². The second kappa shape index (κ2) is 15.0. The van der Waals surface area contributed by atoms with Crippen LogP contribution in [0.2, 0.25) is 0 Å². The predicted molar refractivity (Wildman–Crippen MR) is 252 cm³/mol. The van der Waals surface area contributed by atoms with E-state index in [1.165, 1.54) is 16.3 Å². The molecule has 0 radical (unpaired) electrons. The quantitative estimate of drug-likeness (QED) is 0.151. The van der Waals surface area contributed by atoms with Crippen LogP contribution in [0.25, 0.3) is 111 Å². The molecule has 5 nitrogen and oxygen atoms in total. The summed E-state index contributed by atoms with van der Waals surface area (Å²) in [6, 6.07) is 65.7. The SMILES string of the molecule is CC(C)c1cc(-c2cccc3ccccc23)nc2c1ccc1ccc(-c3cccc(-c4cc(-c5cccc(-c6cccc7cccnc67)c5)nc(-c5ccccc5)n4)c3)nc12. The van der Waals surface area contributed by atoms with E-state index in [1.54, 1.807) is 0 Å². The van der Waals surface area contributed by atoms with Crippen molar-refractivity contribution in [3.05, 3.63) is 200 Å². The topological polar surface area (TPSA) is 64.5 Å². The first-order chi connectivity index (χ1) is 30.0. The first kappa shape index (κ1) is 36.2. The molecule has 11 rings (SSSR count). The fraction of sp³-hybridized carbons (Fsp3) is 0.0536. The molecule has 0 unspecified atom stereocenters. The molecule has 0 atom stereocenters. The third-order valence-electron chi connectivity index (χ3n) is 11.7. The molecule has 4 aromatic heterocycles. The van der Waals surface area contributed by atoms with Gasteiger partial charge in [-0.15, -0.1) is 0 Å². The minimum Gasteiger partial charge on any atom is -0.256 e. The summed E-state index contributed by atoms with van der Waals surface area (Å²) in [7, 11) is 0. The van der Waals surface area contributed by atoms with Gasteiger partial charge in [0.1, 0.15) is 0 Å². The Morgan fingerprint density at radius 3 is 1.74 bits per heavy atom. The Morgan fingerprint density at radius 2 is 0.934 bits per heavy atom. The highest BCUT2D eigenvalue weighted by molar-refractivity contribution is 6.07. The van der Waals surface area contributed by atoms with Gasteiger partial charge in [0.2, 0.25) is 0 Å². The largest absolute Gasteiger partial charge is 0.256 e. The van der Waals surface area contributed by atoms with Gasteiger partial charge in [0.25, 0.3) is 0 Å². The van der Waals surface area contributed by atoms with Crippen LogP contribution < -0.4 is 0 Å². The summed E-state index contributed by atoms with van der Waals surface area (Å²) >= 11 is 0. The Morgan fingerprint density at radius 1 is 0.344 bits per heavy atom. The molecule has 0 aliphatic rings. The van der Waals surface area contributed by atoms with E-state index in [0.717, 1.165) is 94.4 Å². The molecule has 0 spiro atoms. The molecule has 4 heterocycles. The number of para-hydroxylation sites is 1. The lowest BCUT2D eigenvalue weighted by atomic mass is 9.93. The Balaban J connectivity index is 1.04. The van der Waals surface area contributed by atoms with Crippen LogP contribution >= 0.6 is 0 Å². The number of benzene rings is 7. The fourth-order valence-corrected chi connectivity index (χ4v) is 8.60. The van der Waals surface area contributed by atoms with Crippen LogP contribution in [-0.4, -0.2) is 24.9 Å². The maximum atomic E-state index is 5.40. The Bertz CT molecular complexity index is 3450.